The van der Waals surface area contributed by atoms with E-state index in [0.29, 0.717) is 0 Å². The molecule has 0 N–H and O–H groups in total. The first-order valence-corrected chi connectivity index (χ1v) is 16.2. The van der Waals surface area contributed by atoms with Crippen molar-refractivity contribution in [3.8, 4) is 11.1 Å². The highest BCUT2D eigenvalue weighted by atomic mass is 16.7. The molecule has 0 spiro atoms. The first kappa shape index (κ1) is 26.3. The molecule has 0 saturated carbocycles. The molecule has 1 fully saturated rings. The molecular formula is C42H32BNO2. The van der Waals surface area contributed by atoms with Crippen molar-refractivity contribution in [2.75, 3.05) is 0 Å². The number of aromatic nitrogens is 1. The van der Waals surface area contributed by atoms with Crippen LogP contribution in [0.25, 0.3) is 81.5 Å². The number of benzene rings is 7. The zero-order chi connectivity index (χ0) is 30.9. The quantitative estimate of drug-likeness (QED) is 0.147. The summed E-state index contributed by atoms with van der Waals surface area (Å²) in [6.45, 7) is 8.53. The molecule has 1 aliphatic heterocycles. The van der Waals surface area contributed by atoms with Crippen molar-refractivity contribution in [1.29, 1.82) is 0 Å². The van der Waals surface area contributed by atoms with E-state index in [4.69, 9.17) is 9.31 Å². The van der Waals surface area contributed by atoms with Crippen molar-refractivity contribution in [2.45, 2.75) is 38.9 Å². The Kier molecular flexibility index (Phi) is 5.08. The molecule has 7 aromatic carbocycles. The fourth-order valence-electron chi connectivity index (χ4n) is 8.00. The number of rotatable bonds is 2. The van der Waals surface area contributed by atoms with Gasteiger partial charge in [-0.1, -0.05) is 103 Å². The number of fused-ring (bicyclic) bond motifs is 12. The van der Waals surface area contributed by atoms with Gasteiger partial charge in [-0.15, -0.1) is 0 Å². The largest absolute Gasteiger partial charge is 0.495 e. The fourth-order valence-corrected chi connectivity index (χ4v) is 8.00. The highest BCUT2D eigenvalue weighted by Gasteiger charge is 2.52. The Balaban J connectivity index is 1.32. The lowest BCUT2D eigenvalue weighted by Gasteiger charge is -2.32. The average molecular weight is 594 g/mol. The third kappa shape index (κ3) is 3.35. The maximum atomic E-state index is 6.78. The summed E-state index contributed by atoms with van der Waals surface area (Å²) in [7, 11) is -0.497. The SMILES string of the molecule is CC1(C)OB(c2cc(-c3ccc4c5cccc6c7ccccc7n(c4c3)c65)cc3c4ccccc4c4ccccc4c23)OC1(C)C. The minimum Gasteiger partial charge on any atom is -0.399 e. The van der Waals surface area contributed by atoms with Gasteiger partial charge in [0.25, 0.3) is 0 Å². The molecule has 3 heterocycles. The molecule has 2 aromatic heterocycles. The van der Waals surface area contributed by atoms with Crippen LogP contribution in [0.3, 0.4) is 0 Å². The molecule has 1 aliphatic rings. The van der Waals surface area contributed by atoms with E-state index in [9.17, 15) is 0 Å². The second kappa shape index (κ2) is 8.88. The Labute approximate surface area is 267 Å². The standard InChI is InChI=1S/C42H32BNO2/c1-41(2)42(3,4)46-43(45-41)36-23-26(22-35-29-14-6-5-12-27(29)28-13-7-8-16-32(28)39(35)36)25-20-21-31-34-18-11-17-33-30-15-9-10-19-37(30)44(40(33)34)38(31)24-25/h5-24H,1-4H3. The van der Waals surface area contributed by atoms with Crippen LogP contribution in [-0.2, 0) is 9.31 Å². The summed E-state index contributed by atoms with van der Waals surface area (Å²) in [6.07, 6.45) is 0. The van der Waals surface area contributed by atoms with Crippen LogP contribution < -0.4 is 5.46 Å². The van der Waals surface area contributed by atoms with E-state index in [-0.39, 0.29) is 0 Å². The summed E-state index contributed by atoms with van der Waals surface area (Å²) in [6, 6.07) is 44.6. The van der Waals surface area contributed by atoms with Crippen molar-refractivity contribution in [3.05, 3.63) is 121 Å². The molecule has 10 rings (SSSR count). The maximum Gasteiger partial charge on any atom is 0.495 e. The van der Waals surface area contributed by atoms with Gasteiger partial charge in [-0.25, -0.2) is 0 Å². The molecule has 220 valence electrons. The number of hydrogen-bond donors (Lipinski definition) is 0. The second-order valence-corrected chi connectivity index (χ2v) is 14.0. The van der Waals surface area contributed by atoms with Crippen molar-refractivity contribution < 1.29 is 9.31 Å². The second-order valence-electron chi connectivity index (χ2n) is 14.0. The van der Waals surface area contributed by atoms with Gasteiger partial charge in [0, 0.05) is 21.5 Å². The highest BCUT2D eigenvalue weighted by Crippen LogP contribution is 2.43. The summed E-state index contributed by atoms with van der Waals surface area (Å²) >= 11 is 0. The van der Waals surface area contributed by atoms with Gasteiger partial charge >= 0.3 is 7.12 Å². The Morgan fingerprint density at radius 3 is 1.70 bits per heavy atom. The van der Waals surface area contributed by atoms with Gasteiger partial charge in [0.05, 0.1) is 27.8 Å². The van der Waals surface area contributed by atoms with Gasteiger partial charge in [0.1, 0.15) is 0 Å². The lowest BCUT2D eigenvalue weighted by molar-refractivity contribution is 0.00578. The van der Waals surface area contributed by atoms with Gasteiger partial charge in [-0.3, -0.25) is 0 Å². The van der Waals surface area contributed by atoms with Crippen LogP contribution in [0.5, 0.6) is 0 Å². The van der Waals surface area contributed by atoms with Crippen molar-refractivity contribution in [1.82, 2.24) is 4.40 Å². The van der Waals surface area contributed by atoms with Crippen LogP contribution in [-0.4, -0.2) is 22.7 Å². The molecule has 9 aromatic rings. The fraction of sp³-hybridized carbons (Fsp3) is 0.143. The van der Waals surface area contributed by atoms with E-state index in [1.54, 1.807) is 0 Å². The molecule has 0 atom stereocenters. The van der Waals surface area contributed by atoms with E-state index in [0.717, 1.165) is 11.0 Å². The van der Waals surface area contributed by atoms with E-state index >= 15 is 0 Å². The number of para-hydroxylation sites is 2. The third-order valence-corrected chi connectivity index (χ3v) is 10.9. The summed E-state index contributed by atoms with van der Waals surface area (Å²) in [5, 5.41) is 12.5. The lowest BCUT2D eigenvalue weighted by Crippen LogP contribution is -2.41. The van der Waals surface area contributed by atoms with Crippen molar-refractivity contribution in [2.24, 2.45) is 0 Å². The van der Waals surface area contributed by atoms with Crippen LogP contribution in [0, 0.1) is 0 Å². The molecule has 4 heteroatoms. The van der Waals surface area contributed by atoms with Crippen molar-refractivity contribution >= 4 is 83.0 Å². The van der Waals surface area contributed by atoms with Crippen molar-refractivity contribution in [3.63, 3.8) is 0 Å². The van der Waals surface area contributed by atoms with Crippen LogP contribution in [0.1, 0.15) is 27.7 Å². The zero-order valence-corrected chi connectivity index (χ0v) is 26.4. The lowest BCUT2D eigenvalue weighted by atomic mass is 9.73. The molecule has 3 nitrogen and oxygen atoms in total. The molecule has 0 unspecified atom stereocenters. The van der Waals surface area contributed by atoms with E-state index in [1.807, 2.05) is 0 Å². The smallest absolute Gasteiger partial charge is 0.399 e. The number of hydrogen-bond acceptors (Lipinski definition) is 2. The summed E-state index contributed by atoms with van der Waals surface area (Å²) in [5.41, 5.74) is 6.27. The van der Waals surface area contributed by atoms with Gasteiger partial charge < -0.3 is 13.7 Å². The first-order chi connectivity index (χ1) is 22.3. The predicted octanol–water partition coefficient (Wildman–Crippen LogP) is 10.3. The summed E-state index contributed by atoms with van der Waals surface area (Å²) in [4.78, 5) is 0. The monoisotopic (exact) mass is 593 g/mol. The van der Waals surface area contributed by atoms with Gasteiger partial charge in [-0.05, 0) is 94.8 Å². The van der Waals surface area contributed by atoms with Crippen LogP contribution in [0.15, 0.2) is 121 Å². The predicted molar refractivity (Wildman–Crippen MR) is 195 cm³/mol. The Morgan fingerprint density at radius 2 is 1.00 bits per heavy atom. The Bertz CT molecular complexity index is 2700. The van der Waals surface area contributed by atoms with Gasteiger partial charge in [0.15, 0.2) is 0 Å². The van der Waals surface area contributed by atoms with E-state index in [2.05, 4.69) is 153 Å². The van der Waals surface area contributed by atoms with Gasteiger partial charge in [0.2, 0.25) is 0 Å². The minimum absolute atomic E-state index is 0.452. The van der Waals surface area contributed by atoms with Gasteiger partial charge in [-0.2, -0.15) is 0 Å². The van der Waals surface area contributed by atoms with Crippen LogP contribution >= 0.6 is 0 Å². The summed E-state index contributed by atoms with van der Waals surface area (Å²) < 4.78 is 16.0. The molecule has 0 bridgehead atoms. The normalized spacial score (nSPS) is 16.4. The van der Waals surface area contributed by atoms with E-state index < -0.39 is 18.3 Å². The first-order valence-electron chi connectivity index (χ1n) is 16.2. The molecule has 0 aliphatic carbocycles. The molecule has 0 radical (unpaired) electrons. The molecule has 0 amide bonds. The highest BCUT2D eigenvalue weighted by molar-refractivity contribution is 6.66. The van der Waals surface area contributed by atoms with E-state index in [1.165, 1.54) is 76.0 Å². The van der Waals surface area contributed by atoms with Crippen LogP contribution in [0.4, 0.5) is 0 Å². The molecular weight excluding hydrogens is 561 g/mol. The topological polar surface area (TPSA) is 22.9 Å². The maximum absolute atomic E-state index is 6.78. The molecule has 46 heavy (non-hydrogen) atoms. The zero-order valence-electron chi connectivity index (χ0n) is 26.4. The minimum atomic E-state index is -0.497. The number of nitrogens with zero attached hydrogens (tertiary/aromatic N) is 1. The third-order valence-electron chi connectivity index (χ3n) is 10.9. The van der Waals surface area contributed by atoms with Crippen LogP contribution in [0.2, 0.25) is 0 Å². The summed E-state index contributed by atoms with van der Waals surface area (Å²) in [5.74, 6) is 0. The molecule has 1 saturated heterocycles. The Hall–Kier alpha value is -4.90. The average Bonchev–Trinajstić information content (AvgIpc) is 3.67. The Morgan fingerprint density at radius 1 is 0.457 bits per heavy atom.